The molecule has 0 aliphatic carbocycles. The predicted octanol–water partition coefficient (Wildman–Crippen LogP) is 32.1. The molecule has 7 aromatic rings. The van der Waals surface area contributed by atoms with Gasteiger partial charge in [-0.25, -0.2) is 9.36 Å². The molecule has 0 saturated carbocycles. The molecule has 135 heavy (non-hydrogen) atoms. The van der Waals surface area contributed by atoms with Crippen molar-refractivity contribution in [2.75, 3.05) is 0 Å². The first kappa shape index (κ1) is 127. The molecule has 7 aromatic heterocycles. The summed E-state index contributed by atoms with van der Waals surface area (Å²) in [5.41, 5.74) is 8.42. The Morgan fingerprint density at radius 3 is 0.519 bits per heavy atom. The van der Waals surface area contributed by atoms with Crippen molar-refractivity contribution in [3.8, 4) is 0 Å². The molecular formula is C114H221N21. The van der Waals surface area contributed by atoms with Gasteiger partial charge in [-0.3, -0.25) is 23.4 Å². The Balaban J connectivity index is 0.000000788. The van der Waals surface area contributed by atoms with Crippen molar-refractivity contribution >= 4 is 0 Å². The average Bonchev–Trinajstić information content (AvgIpc) is 1.91. The third kappa shape index (κ3) is 80.4. The molecule has 0 bridgehead atoms. The van der Waals surface area contributed by atoms with Crippen molar-refractivity contribution in [2.24, 2.45) is 82.9 Å². The molecule has 21 nitrogen and oxygen atoms in total. The molecule has 0 aromatic carbocycles. The minimum Gasteiger partial charge on any atom is -0.252 e. The van der Waals surface area contributed by atoms with E-state index in [2.05, 4.69) is 306 Å². The average molecular weight is 1890 g/mol. The highest BCUT2D eigenvalue weighted by Crippen LogP contribution is 2.21. The van der Waals surface area contributed by atoms with E-state index in [4.69, 9.17) is 0 Å². The van der Waals surface area contributed by atoms with Crippen molar-refractivity contribution in [1.82, 2.24) is 105 Å². The number of aromatic nitrogens is 21. The number of aryl methyl sites for hydroxylation is 14. The quantitative estimate of drug-likeness (QED) is 0.0324. The van der Waals surface area contributed by atoms with Crippen LogP contribution in [0.4, 0.5) is 0 Å². The fourth-order valence-corrected chi connectivity index (χ4v) is 16.3. The lowest BCUT2D eigenvalue weighted by atomic mass is 10.0. The van der Waals surface area contributed by atoms with Gasteiger partial charge < -0.3 is 0 Å². The predicted molar refractivity (Wildman–Crippen MR) is 577 cm³/mol. The number of nitrogens with zero attached hydrogens (tertiary/aromatic N) is 21. The zero-order valence-electron chi connectivity index (χ0n) is 94.0. The molecule has 21 heteroatoms. The SMILES string of the molecule is CC(C)CCCCCn1cc(CCCC(C)C)nn1.CC(C)CCCCCn1cc(CCCC(C)C)nn1.CC(C)CCCCCn1cc(CCCC(C)C)nn1.CC(C)CCCCCn1nncc1CCCCC(C)C.CC(C)CCCCCn1nncc1CCCCC(C)C.CC(C)CCCCc1cn(CCCCC(C)C)nn1.CC(C)CCCCc1cn(CCCCC(C)C)nn1. The van der Waals surface area contributed by atoms with Crippen LogP contribution in [0.3, 0.4) is 0 Å². The Labute approximate surface area is 833 Å². The summed E-state index contributed by atoms with van der Waals surface area (Å²) < 4.78 is 14.3. The summed E-state index contributed by atoms with van der Waals surface area (Å²) >= 11 is 0. The summed E-state index contributed by atoms with van der Waals surface area (Å²) in [5, 5.41) is 59.0. The van der Waals surface area contributed by atoms with E-state index in [0.29, 0.717) is 0 Å². The zero-order valence-corrected chi connectivity index (χ0v) is 94.0. The molecule has 782 valence electrons. The van der Waals surface area contributed by atoms with Crippen LogP contribution in [0, 0.1) is 82.9 Å². The summed E-state index contributed by atoms with van der Waals surface area (Å²) in [4.78, 5) is 0. The Morgan fingerprint density at radius 1 is 0.163 bits per heavy atom. The third-order valence-electron chi connectivity index (χ3n) is 25.0. The second kappa shape index (κ2) is 83.7. The minimum absolute atomic E-state index is 0.788. The summed E-state index contributed by atoms with van der Waals surface area (Å²) in [5.74, 6) is 11.4. The first-order valence-corrected chi connectivity index (χ1v) is 56.8. The van der Waals surface area contributed by atoms with E-state index < -0.39 is 0 Å². The van der Waals surface area contributed by atoms with Crippen LogP contribution in [0.2, 0.25) is 0 Å². The second-order valence-corrected chi connectivity index (χ2v) is 46.2. The van der Waals surface area contributed by atoms with E-state index in [1.165, 1.54) is 294 Å². The van der Waals surface area contributed by atoms with E-state index in [-0.39, 0.29) is 0 Å². The second-order valence-electron chi connectivity index (χ2n) is 46.2. The van der Waals surface area contributed by atoms with Gasteiger partial charge in [0.2, 0.25) is 0 Å². The maximum Gasteiger partial charge on any atom is 0.0827 e. The van der Waals surface area contributed by atoms with Crippen molar-refractivity contribution in [3.05, 3.63) is 83.2 Å². The standard InChI is InChI=1S/2C17H33N3.5C16H31N3/c2*1-15(2)10-6-5-9-13-20-17(14-18-19-20)12-8-7-11-16(3)4;2*1-14(2)9-5-6-11-16-13-19(18-17-16)12-8-7-10-15(3)4;3*1-14(2)9-6-5-7-12-19-13-16(17-18-19)11-8-10-15(3)4/h2*14-16H,5-13H2,1-4H3;5*13-15H,5-12H2,1-4H3. The van der Waals surface area contributed by atoms with E-state index in [1.807, 2.05) is 35.8 Å². The summed E-state index contributed by atoms with van der Waals surface area (Å²) in [7, 11) is 0. The number of hydrogen-bond donors (Lipinski definition) is 0. The van der Waals surface area contributed by atoms with Gasteiger partial charge in [0, 0.05) is 76.8 Å². The molecule has 0 N–H and O–H groups in total. The summed E-state index contributed by atoms with van der Waals surface area (Å²) in [6.45, 7) is 71.2. The third-order valence-corrected chi connectivity index (χ3v) is 25.0. The van der Waals surface area contributed by atoms with Gasteiger partial charge in [-0.2, -0.15) is 0 Å². The van der Waals surface area contributed by atoms with Crippen molar-refractivity contribution < 1.29 is 0 Å². The van der Waals surface area contributed by atoms with E-state index in [1.54, 1.807) is 0 Å². The van der Waals surface area contributed by atoms with Gasteiger partial charge in [0.05, 0.1) is 52.3 Å². The first-order chi connectivity index (χ1) is 64.6. The summed E-state index contributed by atoms with van der Waals surface area (Å²) in [6, 6.07) is 0. The Hall–Kier alpha value is -6.02. The fraction of sp³-hybridized carbons (Fsp3) is 0.877. The summed E-state index contributed by atoms with van der Waals surface area (Å²) in [6.07, 6.45) is 79.0. The molecule has 0 amide bonds. The van der Waals surface area contributed by atoms with Crippen LogP contribution in [0.1, 0.15) is 516 Å². The van der Waals surface area contributed by atoms with Crippen LogP contribution >= 0.6 is 0 Å². The maximum absolute atomic E-state index is 4.26. The lowest BCUT2D eigenvalue weighted by Gasteiger charge is -2.08. The molecule has 0 unspecified atom stereocenters. The fourth-order valence-electron chi connectivity index (χ4n) is 16.3. The highest BCUT2D eigenvalue weighted by atomic mass is 15.5. The number of unbranched alkanes of at least 4 members (excludes halogenated alkanes) is 16. The highest BCUT2D eigenvalue weighted by molar-refractivity contribution is 4.98. The van der Waals surface area contributed by atoms with Crippen LogP contribution in [0.25, 0.3) is 0 Å². The number of hydrogen-bond acceptors (Lipinski definition) is 14. The molecule has 0 atom stereocenters. The monoisotopic (exact) mass is 1880 g/mol. The molecule has 0 saturated heterocycles. The largest absolute Gasteiger partial charge is 0.252 e. The lowest BCUT2D eigenvalue weighted by molar-refractivity contribution is 0.474. The van der Waals surface area contributed by atoms with Gasteiger partial charge in [-0.1, -0.05) is 423 Å². The molecule has 7 heterocycles. The minimum atomic E-state index is 0.788. The molecule has 0 aliphatic heterocycles. The molecular weight excluding hydrogens is 1660 g/mol. The van der Waals surface area contributed by atoms with Crippen LogP contribution < -0.4 is 0 Å². The lowest BCUT2D eigenvalue weighted by Crippen LogP contribution is -2.06. The Bertz CT molecular complexity index is 3290. The highest BCUT2D eigenvalue weighted by Gasteiger charge is 2.13. The van der Waals surface area contributed by atoms with Gasteiger partial charge in [0.25, 0.3) is 0 Å². The van der Waals surface area contributed by atoms with Crippen LogP contribution in [0.15, 0.2) is 43.4 Å². The van der Waals surface area contributed by atoms with Crippen molar-refractivity contribution in [3.63, 3.8) is 0 Å². The number of rotatable bonds is 72. The van der Waals surface area contributed by atoms with Gasteiger partial charge in [0.1, 0.15) is 0 Å². The van der Waals surface area contributed by atoms with Crippen LogP contribution in [-0.4, -0.2) is 105 Å². The zero-order chi connectivity index (χ0) is 100. The molecule has 0 spiro atoms. The van der Waals surface area contributed by atoms with Crippen molar-refractivity contribution in [2.45, 2.75) is 567 Å². The molecule has 0 aliphatic rings. The smallest absolute Gasteiger partial charge is 0.0827 e. The molecule has 0 radical (unpaired) electrons. The van der Waals surface area contributed by atoms with Gasteiger partial charge in [-0.05, 0) is 218 Å². The van der Waals surface area contributed by atoms with Gasteiger partial charge in [0.15, 0.2) is 0 Å². The first-order valence-electron chi connectivity index (χ1n) is 56.8. The van der Waals surface area contributed by atoms with Gasteiger partial charge in [-0.15, -0.1) is 35.7 Å². The molecule has 7 rings (SSSR count). The topological polar surface area (TPSA) is 215 Å². The maximum atomic E-state index is 4.26. The molecule has 0 fully saturated rings. The Morgan fingerprint density at radius 2 is 0.319 bits per heavy atom. The van der Waals surface area contributed by atoms with E-state index in [9.17, 15) is 0 Å². The Kier molecular flexibility index (Phi) is 78.8. The van der Waals surface area contributed by atoms with E-state index >= 15 is 0 Å². The van der Waals surface area contributed by atoms with Crippen LogP contribution in [0.5, 0.6) is 0 Å². The van der Waals surface area contributed by atoms with Crippen LogP contribution in [-0.2, 0) is 90.8 Å². The van der Waals surface area contributed by atoms with E-state index in [0.717, 1.165) is 202 Å². The van der Waals surface area contributed by atoms with Gasteiger partial charge >= 0.3 is 0 Å². The normalized spacial score (nSPS) is 11.7. The van der Waals surface area contributed by atoms with Crippen molar-refractivity contribution in [1.29, 1.82) is 0 Å².